The summed E-state index contributed by atoms with van der Waals surface area (Å²) in [7, 11) is 0. The van der Waals surface area contributed by atoms with Crippen molar-refractivity contribution in [2.24, 2.45) is 56.7 Å². The number of ether oxygens (including phenoxy) is 1. The van der Waals surface area contributed by atoms with Crippen molar-refractivity contribution in [3.05, 3.63) is 12.2 Å². The number of esters is 1. The molecule has 4 heteroatoms. The molecule has 5 rings (SSSR count). The maximum absolute atomic E-state index is 12.8. The number of carbonyl (C=O) groups excluding carboxylic acids is 1. The highest BCUT2D eigenvalue weighted by Gasteiger charge is 2.72. The molecule has 0 aliphatic heterocycles. The van der Waals surface area contributed by atoms with E-state index >= 15 is 0 Å². The number of aliphatic carboxylic acids is 1. The summed E-state index contributed by atoms with van der Waals surface area (Å²) in [5.41, 5.74) is 1.20. The fourth-order valence-corrected chi connectivity index (χ4v) is 11.9. The van der Waals surface area contributed by atoms with E-state index in [1.807, 2.05) is 0 Å². The van der Waals surface area contributed by atoms with Gasteiger partial charge in [0.1, 0.15) is 6.10 Å². The summed E-state index contributed by atoms with van der Waals surface area (Å²) < 4.78 is 5.88. The van der Waals surface area contributed by atoms with Crippen LogP contribution in [0.2, 0.25) is 0 Å². The standard InChI is InChI=1S/C32H50O4/c1-19(2)21-11-16-32(27(34)35)18-17-30(7)22(26(21)32)9-10-24-29(6)14-13-25(36-20(3)33)28(4,5)23(29)12-15-31(24,30)8/h21-26H,1,9-18H2,2-8H3,(H,34,35)/t21-,22+,23+,24+,25-,26-,29-,30+,31+,32-/m0/s1. The number of allylic oxidation sites excluding steroid dienone is 1. The summed E-state index contributed by atoms with van der Waals surface area (Å²) in [6, 6.07) is 0. The van der Waals surface area contributed by atoms with Crippen LogP contribution in [0, 0.1) is 56.7 Å². The van der Waals surface area contributed by atoms with Crippen molar-refractivity contribution in [2.45, 2.75) is 119 Å². The molecule has 0 aromatic rings. The van der Waals surface area contributed by atoms with Crippen molar-refractivity contribution >= 4 is 11.9 Å². The molecule has 0 heterocycles. The van der Waals surface area contributed by atoms with Crippen LogP contribution >= 0.6 is 0 Å². The molecule has 5 fully saturated rings. The molecule has 36 heavy (non-hydrogen) atoms. The van der Waals surface area contributed by atoms with Gasteiger partial charge >= 0.3 is 11.9 Å². The Bertz CT molecular complexity index is 967. The Morgan fingerprint density at radius 1 is 0.806 bits per heavy atom. The molecule has 1 N–H and O–H groups in total. The van der Waals surface area contributed by atoms with E-state index in [1.165, 1.54) is 24.8 Å². The Hall–Kier alpha value is -1.32. The zero-order valence-electron chi connectivity index (χ0n) is 23.9. The van der Waals surface area contributed by atoms with Crippen molar-refractivity contribution in [3.8, 4) is 0 Å². The lowest BCUT2D eigenvalue weighted by atomic mass is 9.32. The first-order valence-corrected chi connectivity index (χ1v) is 14.7. The lowest BCUT2D eigenvalue weighted by Gasteiger charge is -2.72. The van der Waals surface area contributed by atoms with E-state index in [0.29, 0.717) is 23.7 Å². The van der Waals surface area contributed by atoms with Crippen molar-refractivity contribution in [3.63, 3.8) is 0 Å². The highest BCUT2D eigenvalue weighted by Crippen LogP contribution is 2.77. The number of rotatable bonds is 3. The molecule has 0 unspecified atom stereocenters. The smallest absolute Gasteiger partial charge is 0.309 e. The summed E-state index contributed by atoms with van der Waals surface area (Å²) in [4.78, 5) is 24.7. The Balaban J connectivity index is 1.52. The normalized spacial score (nSPS) is 51.2. The van der Waals surface area contributed by atoms with Gasteiger partial charge in [0, 0.05) is 12.3 Å². The predicted octanol–water partition coefficient (Wildman–Crippen LogP) is 7.66. The molecular formula is C32H50O4. The molecule has 0 aromatic heterocycles. The van der Waals surface area contributed by atoms with Crippen molar-refractivity contribution in [1.82, 2.24) is 0 Å². The summed E-state index contributed by atoms with van der Waals surface area (Å²) >= 11 is 0. The molecule has 10 atom stereocenters. The van der Waals surface area contributed by atoms with Crippen LogP contribution in [0.3, 0.4) is 0 Å². The second-order valence-corrected chi connectivity index (χ2v) is 15.1. The molecule has 0 saturated heterocycles. The molecule has 0 radical (unpaired) electrons. The molecule has 4 nitrogen and oxygen atoms in total. The minimum atomic E-state index is -0.553. The van der Waals surface area contributed by atoms with Gasteiger partial charge < -0.3 is 9.84 Å². The molecule has 5 aliphatic carbocycles. The third-order valence-corrected chi connectivity index (χ3v) is 13.7. The van der Waals surface area contributed by atoms with Crippen LogP contribution in [-0.4, -0.2) is 23.1 Å². The van der Waals surface area contributed by atoms with Crippen LogP contribution in [0.1, 0.15) is 113 Å². The fourth-order valence-electron chi connectivity index (χ4n) is 11.9. The summed E-state index contributed by atoms with van der Waals surface area (Å²) in [5.74, 6) is 1.49. The molecule has 0 aromatic carbocycles. The minimum absolute atomic E-state index is 0.00466. The Morgan fingerprint density at radius 3 is 2.11 bits per heavy atom. The van der Waals surface area contributed by atoms with Gasteiger partial charge in [-0.25, -0.2) is 0 Å². The molecular weight excluding hydrogens is 448 g/mol. The van der Waals surface area contributed by atoms with Gasteiger partial charge in [0.25, 0.3) is 0 Å². The maximum atomic E-state index is 12.8. The summed E-state index contributed by atoms with van der Waals surface area (Å²) in [6.45, 7) is 20.4. The number of carboxylic acid groups (broad SMARTS) is 1. The van der Waals surface area contributed by atoms with Gasteiger partial charge in [0.15, 0.2) is 0 Å². The zero-order chi connectivity index (χ0) is 26.5. The Morgan fingerprint density at radius 2 is 1.50 bits per heavy atom. The Labute approximate surface area is 219 Å². The van der Waals surface area contributed by atoms with Gasteiger partial charge in [0.05, 0.1) is 5.41 Å². The summed E-state index contributed by atoms with van der Waals surface area (Å²) in [5, 5.41) is 10.5. The SMILES string of the molecule is C=C(C)[C@@H]1CC[C@]2(C(=O)O)CC[C@]3(C)[C@H](CC[C@@H]4[C@@]5(C)CC[C@H](OC(C)=O)C(C)(C)[C@H]5CC[C@]43C)[C@H]12. The molecule has 5 aliphatic rings. The highest BCUT2D eigenvalue weighted by molar-refractivity contribution is 5.76. The van der Waals surface area contributed by atoms with Gasteiger partial charge in [0.2, 0.25) is 0 Å². The quantitative estimate of drug-likeness (QED) is 0.320. The van der Waals surface area contributed by atoms with Crippen LogP contribution in [0.4, 0.5) is 0 Å². The van der Waals surface area contributed by atoms with E-state index < -0.39 is 11.4 Å². The third-order valence-electron chi connectivity index (χ3n) is 13.7. The number of fused-ring (bicyclic) bond motifs is 7. The van der Waals surface area contributed by atoms with Crippen molar-refractivity contribution in [1.29, 1.82) is 0 Å². The van der Waals surface area contributed by atoms with Crippen molar-refractivity contribution < 1.29 is 19.4 Å². The minimum Gasteiger partial charge on any atom is -0.481 e. The van der Waals surface area contributed by atoms with Gasteiger partial charge in [-0.15, -0.1) is 0 Å². The van der Waals surface area contributed by atoms with E-state index in [2.05, 4.69) is 48.1 Å². The number of carbonyl (C=O) groups is 2. The Kier molecular flexibility index (Phi) is 5.91. The van der Waals surface area contributed by atoms with Crippen LogP contribution in [0.25, 0.3) is 0 Å². The van der Waals surface area contributed by atoms with Gasteiger partial charge in [-0.05, 0) is 117 Å². The molecule has 5 saturated carbocycles. The van der Waals surface area contributed by atoms with Crippen LogP contribution in [0.5, 0.6) is 0 Å². The number of hydrogen-bond donors (Lipinski definition) is 1. The van der Waals surface area contributed by atoms with E-state index in [1.54, 1.807) is 6.92 Å². The fraction of sp³-hybridized carbons (Fsp3) is 0.875. The lowest BCUT2D eigenvalue weighted by Crippen LogP contribution is -2.67. The molecule has 0 amide bonds. The summed E-state index contributed by atoms with van der Waals surface area (Å²) in [6.07, 6.45) is 10.5. The second kappa shape index (κ2) is 8.09. The largest absolute Gasteiger partial charge is 0.481 e. The highest BCUT2D eigenvalue weighted by atomic mass is 16.5. The third kappa shape index (κ3) is 3.17. The van der Waals surface area contributed by atoms with E-state index in [0.717, 1.165) is 44.9 Å². The maximum Gasteiger partial charge on any atom is 0.309 e. The number of hydrogen-bond acceptors (Lipinski definition) is 3. The number of carboxylic acids is 1. The second-order valence-electron chi connectivity index (χ2n) is 15.1. The molecule has 0 bridgehead atoms. The van der Waals surface area contributed by atoms with E-state index in [-0.39, 0.29) is 39.7 Å². The average Bonchev–Trinajstić information content (AvgIpc) is 3.17. The average molecular weight is 499 g/mol. The molecule has 202 valence electrons. The predicted molar refractivity (Wildman–Crippen MR) is 142 cm³/mol. The topological polar surface area (TPSA) is 63.6 Å². The monoisotopic (exact) mass is 498 g/mol. The van der Waals surface area contributed by atoms with Gasteiger partial charge in [-0.2, -0.15) is 0 Å². The van der Waals surface area contributed by atoms with Crippen molar-refractivity contribution in [2.75, 3.05) is 0 Å². The lowest BCUT2D eigenvalue weighted by molar-refractivity contribution is -0.250. The molecule has 0 spiro atoms. The van der Waals surface area contributed by atoms with Gasteiger partial charge in [-0.1, -0.05) is 46.8 Å². The van der Waals surface area contributed by atoms with Crippen LogP contribution < -0.4 is 0 Å². The first kappa shape index (κ1) is 26.3. The van der Waals surface area contributed by atoms with Crippen LogP contribution in [-0.2, 0) is 14.3 Å². The van der Waals surface area contributed by atoms with E-state index in [9.17, 15) is 14.7 Å². The zero-order valence-corrected chi connectivity index (χ0v) is 23.9. The van der Waals surface area contributed by atoms with Crippen LogP contribution in [0.15, 0.2) is 12.2 Å². The first-order chi connectivity index (χ1) is 16.6. The van der Waals surface area contributed by atoms with Gasteiger partial charge in [-0.3, -0.25) is 9.59 Å². The first-order valence-electron chi connectivity index (χ1n) is 14.7. The van der Waals surface area contributed by atoms with E-state index in [4.69, 9.17) is 4.74 Å².